The summed E-state index contributed by atoms with van der Waals surface area (Å²) in [6.07, 6.45) is 4.60. The highest BCUT2D eigenvalue weighted by Gasteiger charge is 2.26. The first-order chi connectivity index (χ1) is 15.4. The number of rotatable bonds is 5. The van der Waals surface area contributed by atoms with Crippen LogP contribution in [0.2, 0.25) is 5.02 Å². The number of fused-ring (bicyclic) bond motifs is 1. The molecule has 2 aromatic carbocycles. The maximum Gasteiger partial charge on any atom is 0.313 e. The highest BCUT2D eigenvalue weighted by Crippen LogP contribution is 2.32. The zero-order valence-corrected chi connectivity index (χ0v) is 19.5. The molecular weight excluding hydrogens is 424 g/mol. The van der Waals surface area contributed by atoms with Crippen LogP contribution in [0.4, 0.5) is 11.4 Å². The predicted molar refractivity (Wildman–Crippen MR) is 129 cm³/mol. The van der Waals surface area contributed by atoms with E-state index in [1.54, 1.807) is 12.1 Å². The molecule has 0 radical (unpaired) electrons. The van der Waals surface area contributed by atoms with E-state index in [4.69, 9.17) is 11.6 Å². The number of halogens is 1. The van der Waals surface area contributed by atoms with Crippen molar-refractivity contribution in [1.29, 1.82) is 0 Å². The first kappa shape index (κ1) is 22.6. The fourth-order valence-electron chi connectivity index (χ4n) is 4.66. The number of aryl methyl sites for hydroxylation is 1. The second-order valence-corrected chi connectivity index (χ2v) is 9.23. The normalized spacial score (nSPS) is 17.0. The third-order valence-electron chi connectivity index (χ3n) is 6.56. The number of piperidine rings is 1. The number of carbonyl (C=O) groups is 2. The first-order valence-corrected chi connectivity index (χ1v) is 11.7. The monoisotopic (exact) mass is 454 g/mol. The first-order valence-electron chi connectivity index (χ1n) is 11.4. The lowest BCUT2D eigenvalue weighted by Gasteiger charge is -2.35. The maximum absolute atomic E-state index is 12.6. The van der Waals surface area contributed by atoms with Crippen molar-refractivity contribution in [3.05, 3.63) is 58.1 Å². The second-order valence-electron chi connectivity index (χ2n) is 8.80. The highest BCUT2D eigenvalue weighted by molar-refractivity contribution is 6.40. The summed E-state index contributed by atoms with van der Waals surface area (Å²) in [5.74, 6) is -1.31. The van der Waals surface area contributed by atoms with Gasteiger partial charge in [-0.3, -0.25) is 14.5 Å². The van der Waals surface area contributed by atoms with Crippen molar-refractivity contribution in [3.63, 3.8) is 0 Å². The van der Waals surface area contributed by atoms with E-state index in [1.807, 2.05) is 13.0 Å². The molecule has 170 valence electrons. The number of benzene rings is 2. The number of likely N-dealkylation sites (N-methyl/N-ethyl adjacent to an activating group) is 1. The number of nitrogens with one attached hydrogen (secondary N) is 2. The Morgan fingerprint density at radius 3 is 2.59 bits per heavy atom. The number of carbonyl (C=O) groups excluding carboxylic acids is 2. The predicted octanol–water partition coefficient (Wildman–Crippen LogP) is 3.92. The lowest BCUT2D eigenvalue weighted by atomic mass is 9.98. The van der Waals surface area contributed by atoms with Gasteiger partial charge in [-0.2, -0.15) is 0 Å². The average molecular weight is 455 g/mol. The molecule has 0 spiro atoms. The fraction of sp³-hybridized carbons (Fsp3) is 0.440. The van der Waals surface area contributed by atoms with Crippen molar-refractivity contribution in [2.45, 2.75) is 38.6 Å². The molecule has 2 amide bonds. The van der Waals surface area contributed by atoms with Crippen molar-refractivity contribution in [1.82, 2.24) is 10.2 Å². The molecule has 2 N–H and O–H groups in total. The number of nitrogens with zero attached hydrogens (tertiary/aromatic N) is 2. The number of likely N-dealkylation sites (tertiary alicyclic amines) is 1. The van der Waals surface area contributed by atoms with Crippen LogP contribution in [0.25, 0.3) is 0 Å². The smallest absolute Gasteiger partial charge is 0.313 e. The Morgan fingerprint density at radius 1 is 1.03 bits per heavy atom. The number of amides is 2. The zero-order chi connectivity index (χ0) is 22.7. The molecule has 0 saturated carbocycles. The Labute approximate surface area is 194 Å². The van der Waals surface area contributed by atoms with E-state index in [2.05, 4.69) is 45.7 Å². The summed E-state index contributed by atoms with van der Waals surface area (Å²) >= 11 is 6.03. The lowest BCUT2D eigenvalue weighted by molar-refractivity contribution is -0.136. The van der Waals surface area contributed by atoms with Crippen LogP contribution < -0.4 is 15.5 Å². The largest absolute Gasteiger partial charge is 0.374 e. The summed E-state index contributed by atoms with van der Waals surface area (Å²) in [4.78, 5) is 29.8. The summed E-state index contributed by atoms with van der Waals surface area (Å²) in [7, 11) is 2.12. The van der Waals surface area contributed by atoms with E-state index in [1.165, 1.54) is 23.2 Å². The van der Waals surface area contributed by atoms with Gasteiger partial charge in [-0.1, -0.05) is 36.2 Å². The van der Waals surface area contributed by atoms with Gasteiger partial charge < -0.3 is 15.5 Å². The van der Waals surface area contributed by atoms with Gasteiger partial charge in [-0.25, -0.2) is 0 Å². The van der Waals surface area contributed by atoms with Crippen LogP contribution in [0.3, 0.4) is 0 Å². The molecule has 1 fully saturated rings. The van der Waals surface area contributed by atoms with Gasteiger partial charge in [0.1, 0.15) is 0 Å². The molecule has 4 rings (SSSR count). The Balaban J connectivity index is 1.46. The van der Waals surface area contributed by atoms with E-state index in [0.29, 0.717) is 17.3 Å². The van der Waals surface area contributed by atoms with E-state index in [-0.39, 0.29) is 6.04 Å². The number of hydrogen-bond acceptors (Lipinski definition) is 4. The van der Waals surface area contributed by atoms with Gasteiger partial charge in [0.15, 0.2) is 0 Å². The minimum absolute atomic E-state index is 0.0520. The molecule has 2 aromatic rings. The van der Waals surface area contributed by atoms with E-state index in [0.717, 1.165) is 44.5 Å². The Hall–Kier alpha value is -2.57. The van der Waals surface area contributed by atoms with Crippen LogP contribution in [-0.4, -0.2) is 49.9 Å². The minimum Gasteiger partial charge on any atom is -0.374 e. The molecule has 0 unspecified atom stereocenters. The second kappa shape index (κ2) is 9.92. The van der Waals surface area contributed by atoms with Crippen molar-refractivity contribution >= 4 is 34.8 Å². The van der Waals surface area contributed by atoms with Crippen LogP contribution in [0.1, 0.15) is 42.0 Å². The molecule has 6 nitrogen and oxygen atoms in total. The molecule has 0 aromatic heterocycles. The van der Waals surface area contributed by atoms with E-state index in [9.17, 15) is 9.59 Å². The quantitative estimate of drug-likeness (QED) is 0.672. The van der Waals surface area contributed by atoms with Gasteiger partial charge >= 0.3 is 11.8 Å². The molecular formula is C25H31ClN4O2. The summed E-state index contributed by atoms with van der Waals surface area (Å²) in [5.41, 5.74) is 5.24. The standard InChI is InChI=1S/C25H31ClN4O2/c1-17-6-8-20(26)15-21(17)28-25(32)24(31)27-16-23(30-11-4-3-5-12-30)18-7-9-22-19(14-18)10-13-29(22)2/h6-9,14-15,23H,3-5,10-13,16H2,1-2H3,(H,27,31)(H,28,32)/t23-/m0/s1. The van der Waals surface area contributed by atoms with Crippen LogP contribution in [0.5, 0.6) is 0 Å². The van der Waals surface area contributed by atoms with E-state index >= 15 is 0 Å². The molecule has 1 saturated heterocycles. The number of anilines is 2. The van der Waals surface area contributed by atoms with Crippen molar-refractivity contribution in [2.24, 2.45) is 0 Å². The maximum atomic E-state index is 12.6. The van der Waals surface area contributed by atoms with Crippen LogP contribution >= 0.6 is 11.6 Å². The van der Waals surface area contributed by atoms with Gasteiger partial charge in [-0.05, 0) is 74.2 Å². The van der Waals surface area contributed by atoms with E-state index < -0.39 is 11.8 Å². The van der Waals surface area contributed by atoms with Crippen molar-refractivity contribution in [3.8, 4) is 0 Å². The van der Waals surface area contributed by atoms with Gasteiger partial charge in [0, 0.05) is 36.5 Å². The van der Waals surface area contributed by atoms with Crippen LogP contribution in [-0.2, 0) is 16.0 Å². The summed E-state index contributed by atoms with van der Waals surface area (Å²) < 4.78 is 0. The molecule has 1 atom stereocenters. The molecule has 2 heterocycles. The minimum atomic E-state index is -0.677. The Morgan fingerprint density at radius 2 is 1.81 bits per heavy atom. The Bertz CT molecular complexity index is 1000. The van der Waals surface area contributed by atoms with Crippen molar-refractivity contribution in [2.75, 3.05) is 43.4 Å². The fourth-order valence-corrected chi connectivity index (χ4v) is 4.83. The molecule has 7 heteroatoms. The summed E-state index contributed by atoms with van der Waals surface area (Å²) in [6.45, 7) is 5.31. The summed E-state index contributed by atoms with van der Waals surface area (Å²) in [6, 6.07) is 11.9. The van der Waals surface area contributed by atoms with Gasteiger partial charge in [-0.15, -0.1) is 0 Å². The lowest BCUT2D eigenvalue weighted by Crippen LogP contribution is -2.43. The molecule has 0 bridgehead atoms. The highest BCUT2D eigenvalue weighted by atomic mass is 35.5. The molecule has 0 aliphatic carbocycles. The SMILES string of the molecule is Cc1ccc(Cl)cc1NC(=O)C(=O)NC[C@@H](c1ccc2c(c1)CCN2C)N1CCCCC1. The van der Waals surface area contributed by atoms with Gasteiger partial charge in [0.25, 0.3) is 0 Å². The third-order valence-corrected chi connectivity index (χ3v) is 6.79. The molecule has 2 aliphatic rings. The van der Waals surface area contributed by atoms with Gasteiger partial charge in [0.2, 0.25) is 0 Å². The molecule has 2 aliphatic heterocycles. The topological polar surface area (TPSA) is 64.7 Å². The molecule has 32 heavy (non-hydrogen) atoms. The van der Waals surface area contributed by atoms with Crippen molar-refractivity contribution < 1.29 is 9.59 Å². The van der Waals surface area contributed by atoms with Crippen LogP contribution in [0, 0.1) is 6.92 Å². The Kier molecular flexibility index (Phi) is 7.01. The third kappa shape index (κ3) is 5.08. The zero-order valence-electron chi connectivity index (χ0n) is 18.8. The van der Waals surface area contributed by atoms with Gasteiger partial charge in [0.05, 0.1) is 6.04 Å². The summed E-state index contributed by atoms with van der Waals surface area (Å²) in [5, 5.41) is 6.06. The number of hydrogen-bond donors (Lipinski definition) is 2. The average Bonchev–Trinajstić information content (AvgIpc) is 3.17. The van der Waals surface area contributed by atoms with Crippen LogP contribution in [0.15, 0.2) is 36.4 Å².